The van der Waals surface area contributed by atoms with Crippen LogP contribution in [-0.4, -0.2) is 31.7 Å². The van der Waals surface area contributed by atoms with Gasteiger partial charge < -0.3 is 5.32 Å². The molecule has 0 aliphatic carbocycles. The van der Waals surface area contributed by atoms with Crippen molar-refractivity contribution in [3.63, 3.8) is 0 Å². The minimum Gasteiger partial charge on any atom is -0.348 e. The van der Waals surface area contributed by atoms with Crippen molar-refractivity contribution in [1.82, 2.24) is 9.62 Å². The van der Waals surface area contributed by atoms with E-state index in [4.69, 9.17) is 0 Å². The van der Waals surface area contributed by atoms with Gasteiger partial charge in [0.25, 0.3) is 5.91 Å². The molecule has 8 heteroatoms. The lowest BCUT2D eigenvalue weighted by Crippen LogP contribution is -2.30. The monoisotopic (exact) mass is 490 g/mol. The van der Waals surface area contributed by atoms with Gasteiger partial charge in [-0.1, -0.05) is 26.0 Å². The third kappa shape index (κ3) is 4.80. The Kier molecular flexibility index (Phi) is 7.13. The molecule has 2 rings (SSSR count). The smallest absolute Gasteiger partial charge is 0.252 e. The lowest BCUT2D eigenvalue weighted by molar-refractivity contribution is 0.0950. The average Bonchev–Trinajstić information content (AvgIpc) is 2.61. The molecule has 0 fully saturated rings. The maximum absolute atomic E-state index is 13.1. The quantitative estimate of drug-likeness (QED) is 0.606. The van der Waals surface area contributed by atoms with E-state index in [0.717, 1.165) is 5.56 Å². The van der Waals surface area contributed by atoms with E-state index < -0.39 is 15.8 Å². The number of rotatable bonds is 7. The summed E-state index contributed by atoms with van der Waals surface area (Å²) in [6.07, 6.45) is 0. The van der Waals surface area contributed by atoms with Crippen molar-refractivity contribution >= 4 is 38.5 Å². The number of nitrogens with one attached hydrogen (secondary N) is 1. The maximum atomic E-state index is 13.1. The number of carbonyl (C=O) groups is 1. The highest BCUT2D eigenvalue weighted by Gasteiger charge is 2.21. The van der Waals surface area contributed by atoms with Gasteiger partial charge in [0.2, 0.25) is 10.0 Å². The molecule has 0 bridgehead atoms. The summed E-state index contributed by atoms with van der Waals surface area (Å²) >= 11 is 1.91. The Balaban J connectivity index is 2.07. The highest BCUT2D eigenvalue weighted by atomic mass is 127. The fourth-order valence-corrected chi connectivity index (χ4v) is 4.62. The first-order valence-corrected chi connectivity index (χ1v) is 10.6. The van der Waals surface area contributed by atoms with Gasteiger partial charge in [-0.25, -0.2) is 12.8 Å². The van der Waals surface area contributed by atoms with Crippen LogP contribution >= 0.6 is 22.6 Å². The van der Waals surface area contributed by atoms with Crippen molar-refractivity contribution in [1.29, 1.82) is 0 Å². The number of hydrogen-bond acceptors (Lipinski definition) is 3. The Morgan fingerprint density at radius 3 is 2.27 bits per heavy atom. The predicted octanol–water partition coefficient (Wildman–Crippen LogP) is 3.39. The lowest BCUT2D eigenvalue weighted by atomic mass is 10.2. The van der Waals surface area contributed by atoms with E-state index in [0.29, 0.717) is 22.2 Å². The standard InChI is InChI=1S/C18H20FIN2O3S/c1-3-22(4-2)26(24,25)15-8-5-13(6-9-15)12-21-18(23)16-10-7-14(19)11-17(16)20/h5-11H,3-4,12H2,1-2H3,(H,21,23). The molecular formula is C18H20FIN2O3S. The molecule has 140 valence electrons. The second-order valence-corrected chi connectivity index (χ2v) is 8.64. The second kappa shape index (κ2) is 8.92. The number of carbonyl (C=O) groups excluding carboxylic acids is 1. The van der Waals surface area contributed by atoms with E-state index in [1.165, 1.54) is 34.6 Å². The summed E-state index contributed by atoms with van der Waals surface area (Å²) in [5.74, 6) is -0.704. The molecule has 0 spiro atoms. The summed E-state index contributed by atoms with van der Waals surface area (Å²) in [5.41, 5.74) is 1.17. The van der Waals surface area contributed by atoms with Crippen molar-refractivity contribution in [3.8, 4) is 0 Å². The molecule has 0 aromatic heterocycles. The lowest BCUT2D eigenvalue weighted by Gasteiger charge is -2.18. The van der Waals surface area contributed by atoms with Crippen LogP contribution < -0.4 is 5.32 Å². The molecule has 1 N–H and O–H groups in total. The zero-order valence-corrected chi connectivity index (χ0v) is 17.5. The summed E-state index contributed by atoms with van der Waals surface area (Å²) in [4.78, 5) is 12.4. The van der Waals surface area contributed by atoms with Gasteiger partial charge in [0.1, 0.15) is 5.82 Å². The maximum Gasteiger partial charge on any atom is 0.252 e. The SMILES string of the molecule is CCN(CC)S(=O)(=O)c1ccc(CNC(=O)c2ccc(F)cc2I)cc1. The van der Waals surface area contributed by atoms with Crippen molar-refractivity contribution in [2.24, 2.45) is 0 Å². The van der Waals surface area contributed by atoms with E-state index in [1.54, 1.807) is 26.0 Å². The summed E-state index contributed by atoms with van der Waals surface area (Å²) in [6, 6.07) is 10.4. The molecular weight excluding hydrogens is 470 g/mol. The molecule has 0 saturated heterocycles. The second-order valence-electron chi connectivity index (χ2n) is 5.54. The fourth-order valence-electron chi connectivity index (χ4n) is 2.44. The third-order valence-corrected chi connectivity index (χ3v) is 6.85. The first-order valence-electron chi connectivity index (χ1n) is 8.12. The minimum atomic E-state index is -3.49. The van der Waals surface area contributed by atoms with Gasteiger partial charge in [0, 0.05) is 23.2 Å². The minimum absolute atomic E-state index is 0.226. The van der Waals surface area contributed by atoms with Crippen LogP contribution in [0.4, 0.5) is 4.39 Å². The topological polar surface area (TPSA) is 66.5 Å². The van der Waals surface area contributed by atoms with Gasteiger partial charge in [-0.2, -0.15) is 4.31 Å². The molecule has 0 radical (unpaired) electrons. The van der Waals surface area contributed by atoms with Crippen LogP contribution in [0.5, 0.6) is 0 Å². The Morgan fingerprint density at radius 2 is 1.73 bits per heavy atom. The Hall–Kier alpha value is -1.52. The van der Waals surface area contributed by atoms with Crippen molar-refractivity contribution in [3.05, 3.63) is 63.0 Å². The van der Waals surface area contributed by atoms with Crippen molar-refractivity contribution < 1.29 is 17.6 Å². The van der Waals surface area contributed by atoms with Gasteiger partial charge in [-0.3, -0.25) is 4.79 Å². The van der Waals surface area contributed by atoms with E-state index in [9.17, 15) is 17.6 Å². The fraction of sp³-hybridized carbons (Fsp3) is 0.278. The van der Waals surface area contributed by atoms with Crippen molar-refractivity contribution in [2.45, 2.75) is 25.3 Å². The first kappa shape index (κ1) is 20.8. The molecule has 0 heterocycles. The average molecular weight is 490 g/mol. The summed E-state index contributed by atoms with van der Waals surface area (Å²) < 4.78 is 39.9. The summed E-state index contributed by atoms with van der Waals surface area (Å²) in [7, 11) is -3.49. The Bertz CT molecular complexity index is 882. The zero-order chi connectivity index (χ0) is 19.3. The largest absolute Gasteiger partial charge is 0.348 e. The number of sulfonamides is 1. The molecule has 1 amide bonds. The normalized spacial score (nSPS) is 11.6. The van der Waals surface area contributed by atoms with Gasteiger partial charge in [0.05, 0.1) is 10.5 Å². The molecule has 2 aromatic rings. The van der Waals surface area contributed by atoms with E-state index in [-0.39, 0.29) is 17.3 Å². The van der Waals surface area contributed by atoms with Crippen LogP contribution in [-0.2, 0) is 16.6 Å². The predicted molar refractivity (Wildman–Crippen MR) is 107 cm³/mol. The Labute approximate surface area is 166 Å². The van der Waals surface area contributed by atoms with Crippen LogP contribution in [0.3, 0.4) is 0 Å². The number of benzene rings is 2. The molecule has 26 heavy (non-hydrogen) atoms. The highest BCUT2D eigenvalue weighted by molar-refractivity contribution is 14.1. The van der Waals surface area contributed by atoms with Crippen LogP contribution in [0.15, 0.2) is 47.4 Å². The van der Waals surface area contributed by atoms with Gasteiger partial charge in [-0.15, -0.1) is 0 Å². The number of hydrogen-bond donors (Lipinski definition) is 1. The van der Waals surface area contributed by atoms with Gasteiger partial charge in [-0.05, 0) is 58.5 Å². The molecule has 0 unspecified atom stereocenters. The van der Waals surface area contributed by atoms with Crippen LogP contribution in [0.25, 0.3) is 0 Å². The zero-order valence-electron chi connectivity index (χ0n) is 14.5. The van der Waals surface area contributed by atoms with E-state index in [2.05, 4.69) is 5.32 Å². The van der Waals surface area contributed by atoms with E-state index in [1.807, 2.05) is 22.6 Å². The molecule has 2 aromatic carbocycles. The van der Waals surface area contributed by atoms with Crippen LogP contribution in [0, 0.1) is 9.39 Å². The molecule has 0 saturated carbocycles. The van der Waals surface area contributed by atoms with Gasteiger partial charge in [0.15, 0.2) is 0 Å². The van der Waals surface area contributed by atoms with E-state index >= 15 is 0 Å². The number of nitrogens with zero attached hydrogens (tertiary/aromatic N) is 1. The first-order chi connectivity index (χ1) is 12.3. The number of amides is 1. The number of halogens is 2. The summed E-state index contributed by atoms with van der Waals surface area (Å²) in [6.45, 7) is 4.65. The van der Waals surface area contributed by atoms with Gasteiger partial charge >= 0.3 is 0 Å². The third-order valence-electron chi connectivity index (χ3n) is 3.90. The van der Waals surface area contributed by atoms with Crippen LogP contribution in [0.1, 0.15) is 29.8 Å². The molecule has 0 atom stereocenters. The molecule has 0 aliphatic rings. The van der Waals surface area contributed by atoms with Crippen LogP contribution in [0.2, 0.25) is 0 Å². The molecule has 0 aliphatic heterocycles. The summed E-state index contributed by atoms with van der Waals surface area (Å²) in [5, 5.41) is 2.75. The van der Waals surface area contributed by atoms with Crippen molar-refractivity contribution in [2.75, 3.05) is 13.1 Å². The molecule has 5 nitrogen and oxygen atoms in total. The highest BCUT2D eigenvalue weighted by Crippen LogP contribution is 2.17. The Morgan fingerprint density at radius 1 is 1.12 bits per heavy atom.